The minimum absolute atomic E-state index is 0.836. The van der Waals surface area contributed by atoms with Crippen molar-refractivity contribution < 1.29 is 0 Å². The quantitative estimate of drug-likeness (QED) is 0.763. The predicted octanol–water partition coefficient (Wildman–Crippen LogP) is 3.98. The van der Waals surface area contributed by atoms with Crippen molar-refractivity contribution in [2.45, 2.75) is 71.3 Å². The molecule has 1 N–H and O–H groups in total. The van der Waals surface area contributed by atoms with Crippen molar-refractivity contribution in [3.63, 3.8) is 0 Å². The summed E-state index contributed by atoms with van der Waals surface area (Å²) in [5, 5.41) is 3.84. The van der Waals surface area contributed by atoms with Crippen molar-refractivity contribution >= 4 is 0 Å². The minimum atomic E-state index is 0.836. The van der Waals surface area contributed by atoms with Crippen molar-refractivity contribution in [2.75, 3.05) is 6.54 Å². The van der Waals surface area contributed by atoms with E-state index in [1.54, 1.807) is 0 Å². The molecule has 2 aliphatic carbocycles. The van der Waals surface area contributed by atoms with Gasteiger partial charge in [0, 0.05) is 6.04 Å². The highest BCUT2D eigenvalue weighted by Crippen LogP contribution is 2.28. The molecule has 2 saturated carbocycles. The van der Waals surface area contributed by atoms with Gasteiger partial charge in [-0.05, 0) is 50.0 Å². The van der Waals surface area contributed by atoms with Crippen molar-refractivity contribution in [3.05, 3.63) is 0 Å². The summed E-state index contributed by atoms with van der Waals surface area (Å²) in [4.78, 5) is 0. The van der Waals surface area contributed by atoms with Crippen molar-refractivity contribution in [2.24, 2.45) is 17.8 Å². The second kappa shape index (κ2) is 6.05. The molecule has 16 heavy (non-hydrogen) atoms. The van der Waals surface area contributed by atoms with Gasteiger partial charge in [0.1, 0.15) is 0 Å². The molecule has 0 heterocycles. The largest absolute Gasteiger partial charge is 0.314 e. The van der Waals surface area contributed by atoms with Crippen LogP contribution < -0.4 is 5.32 Å². The Morgan fingerprint density at radius 1 is 0.875 bits per heavy atom. The highest BCUT2D eigenvalue weighted by molar-refractivity contribution is 4.78. The van der Waals surface area contributed by atoms with Gasteiger partial charge in [0.25, 0.3) is 0 Å². The van der Waals surface area contributed by atoms with Gasteiger partial charge in [-0.15, -0.1) is 0 Å². The van der Waals surface area contributed by atoms with Crippen LogP contribution in [0.2, 0.25) is 0 Å². The zero-order chi connectivity index (χ0) is 11.4. The summed E-state index contributed by atoms with van der Waals surface area (Å²) in [5.74, 6) is 2.93. The fourth-order valence-corrected chi connectivity index (χ4v) is 3.49. The van der Waals surface area contributed by atoms with Crippen LogP contribution in [0.15, 0.2) is 0 Å². The molecular formula is C15H29N. The molecule has 0 aliphatic heterocycles. The van der Waals surface area contributed by atoms with Crippen LogP contribution in [0.1, 0.15) is 65.2 Å². The maximum atomic E-state index is 3.84. The molecule has 0 aromatic carbocycles. The van der Waals surface area contributed by atoms with Gasteiger partial charge in [0.15, 0.2) is 0 Å². The third kappa shape index (κ3) is 3.76. The number of hydrogen-bond donors (Lipinski definition) is 1. The highest BCUT2D eigenvalue weighted by Gasteiger charge is 2.21. The lowest BCUT2D eigenvalue weighted by molar-refractivity contribution is 0.247. The summed E-state index contributed by atoms with van der Waals surface area (Å²) in [5.41, 5.74) is 0. The molecule has 0 amide bonds. The average Bonchev–Trinajstić information content (AvgIpc) is 2.28. The van der Waals surface area contributed by atoms with E-state index in [0.29, 0.717) is 0 Å². The van der Waals surface area contributed by atoms with E-state index in [2.05, 4.69) is 19.2 Å². The number of nitrogens with one attached hydrogen (secondary N) is 1. The Balaban J connectivity index is 1.63. The molecule has 2 atom stereocenters. The smallest absolute Gasteiger partial charge is 0.00697 e. The maximum Gasteiger partial charge on any atom is 0.00697 e. The summed E-state index contributed by atoms with van der Waals surface area (Å²) >= 11 is 0. The fourth-order valence-electron chi connectivity index (χ4n) is 3.49. The standard InChI is InChI=1S/C15H29N/c1-12-6-8-14(9-7-12)11-16-15-5-3-4-13(2)10-15/h12-16H,3-11H2,1-2H3. The lowest BCUT2D eigenvalue weighted by Crippen LogP contribution is -2.37. The van der Waals surface area contributed by atoms with Crippen molar-refractivity contribution in [1.29, 1.82) is 0 Å². The Morgan fingerprint density at radius 2 is 1.62 bits per heavy atom. The lowest BCUT2D eigenvalue weighted by Gasteiger charge is -2.31. The third-order valence-corrected chi connectivity index (χ3v) is 4.77. The van der Waals surface area contributed by atoms with Gasteiger partial charge in [-0.2, -0.15) is 0 Å². The normalized spacial score (nSPS) is 40.9. The molecule has 0 radical (unpaired) electrons. The Labute approximate surface area is 101 Å². The molecule has 0 aromatic heterocycles. The molecule has 94 valence electrons. The maximum absolute atomic E-state index is 3.84. The second-order valence-electron chi connectivity index (χ2n) is 6.50. The van der Waals surface area contributed by atoms with E-state index < -0.39 is 0 Å². The highest BCUT2D eigenvalue weighted by atomic mass is 14.9. The van der Waals surface area contributed by atoms with Crippen LogP contribution in [0, 0.1) is 17.8 Å². The van der Waals surface area contributed by atoms with Crippen LogP contribution in [0.4, 0.5) is 0 Å². The van der Waals surface area contributed by atoms with Crippen molar-refractivity contribution in [3.8, 4) is 0 Å². The number of hydrogen-bond acceptors (Lipinski definition) is 1. The predicted molar refractivity (Wildman–Crippen MR) is 70.5 cm³/mol. The molecule has 0 spiro atoms. The minimum Gasteiger partial charge on any atom is -0.314 e. The molecule has 2 fully saturated rings. The van der Waals surface area contributed by atoms with Crippen LogP contribution in [0.5, 0.6) is 0 Å². The SMILES string of the molecule is CC1CCC(CNC2CCCC(C)C2)CC1. The summed E-state index contributed by atoms with van der Waals surface area (Å²) in [6.07, 6.45) is 11.6. The fraction of sp³-hybridized carbons (Fsp3) is 1.00. The van der Waals surface area contributed by atoms with E-state index >= 15 is 0 Å². The first-order valence-electron chi connectivity index (χ1n) is 7.47. The van der Waals surface area contributed by atoms with Gasteiger partial charge in [0.2, 0.25) is 0 Å². The topological polar surface area (TPSA) is 12.0 Å². The first kappa shape index (κ1) is 12.4. The van der Waals surface area contributed by atoms with Gasteiger partial charge in [0.05, 0.1) is 0 Å². The molecule has 0 bridgehead atoms. The Bertz CT molecular complexity index is 194. The van der Waals surface area contributed by atoms with Crippen LogP contribution in [-0.2, 0) is 0 Å². The molecule has 2 rings (SSSR count). The molecule has 0 aromatic rings. The number of rotatable bonds is 3. The van der Waals surface area contributed by atoms with Gasteiger partial charge in [-0.3, -0.25) is 0 Å². The first-order valence-corrected chi connectivity index (χ1v) is 7.47. The van der Waals surface area contributed by atoms with Crippen LogP contribution in [0.25, 0.3) is 0 Å². The van der Waals surface area contributed by atoms with Gasteiger partial charge in [-0.1, -0.05) is 39.5 Å². The lowest BCUT2D eigenvalue weighted by atomic mass is 9.82. The zero-order valence-electron chi connectivity index (χ0n) is 11.2. The van der Waals surface area contributed by atoms with Gasteiger partial charge in [-0.25, -0.2) is 0 Å². The molecule has 1 heteroatoms. The molecule has 2 unspecified atom stereocenters. The summed E-state index contributed by atoms with van der Waals surface area (Å²) in [6, 6.07) is 0.836. The van der Waals surface area contributed by atoms with Gasteiger partial charge >= 0.3 is 0 Å². The monoisotopic (exact) mass is 223 g/mol. The molecule has 1 nitrogen and oxygen atoms in total. The van der Waals surface area contributed by atoms with E-state index in [0.717, 1.165) is 23.8 Å². The average molecular weight is 223 g/mol. The molecule has 0 saturated heterocycles. The Kier molecular flexibility index (Phi) is 4.69. The van der Waals surface area contributed by atoms with Gasteiger partial charge < -0.3 is 5.32 Å². The van der Waals surface area contributed by atoms with Crippen LogP contribution >= 0.6 is 0 Å². The van der Waals surface area contributed by atoms with E-state index in [4.69, 9.17) is 0 Å². The Morgan fingerprint density at radius 3 is 2.31 bits per heavy atom. The second-order valence-corrected chi connectivity index (χ2v) is 6.50. The van der Waals surface area contributed by atoms with Crippen LogP contribution in [0.3, 0.4) is 0 Å². The Hall–Kier alpha value is -0.0400. The molecular weight excluding hydrogens is 194 g/mol. The third-order valence-electron chi connectivity index (χ3n) is 4.77. The van der Waals surface area contributed by atoms with E-state index in [9.17, 15) is 0 Å². The zero-order valence-corrected chi connectivity index (χ0v) is 11.2. The van der Waals surface area contributed by atoms with Crippen LogP contribution in [-0.4, -0.2) is 12.6 Å². The summed E-state index contributed by atoms with van der Waals surface area (Å²) in [7, 11) is 0. The summed E-state index contributed by atoms with van der Waals surface area (Å²) < 4.78 is 0. The van der Waals surface area contributed by atoms with Crippen molar-refractivity contribution in [1.82, 2.24) is 5.32 Å². The summed E-state index contributed by atoms with van der Waals surface area (Å²) in [6.45, 7) is 6.12. The van der Waals surface area contributed by atoms with E-state index in [1.165, 1.54) is 57.9 Å². The molecule has 2 aliphatic rings. The first-order chi connectivity index (χ1) is 7.74. The van der Waals surface area contributed by atoms with E-state index in [1.807, 2.05) is 0 Å². The van der Waals surface area contributed by atoms with E-state index in [-0.39, 0.29) is 0 Å².